The predicted octanol–water partition coefficient (Wildman–Crippen LogP) is 6.20. The summed E-state index contributed by atoms with van der Waals surface area (Å²) in [6, 6.07) is 6.53. The van der Waals surface area contributed by atoms with E-state index in [1.807, 2.05) is 52.8 Å². The van der Waals surface area contributed by atoms with Gasteiger partial charge in [0, 0.05) is 36.7 Å². The van der Waals surface area contributed by atoms with E-state index < -0.39 is 17.7 Å². The van der Waals surface area contributed by atoms with Gasteiger partial charge in [-0.05, 0) is 83.4 Å². The van der Waals surface area contributed by atoms with Crippen LogP contribution in [-0.4, -0.2) is 40.7 Å². The summed E-state index contributed by atoms with van der Waals surface area (Å²) in [6.07, 6.45) is 9.38. The molecule has 1 aliphatic rings. The number of rotatable bonds is 13. The number of aromatic nitrogens is 1. The topological polar surface area (TPSA) is 119 Å². The van der Waals surface area contributed by atoms with Gasteiger partial charge in [0.1, 0.15) is 11.6 Å². The van der Waals surface area contributed by atoms with Crippen LogP contribution in [0.3, 0.4) is 0 Å². The molecule has 9 heteroatoms. The van der Waals surface area contributed by atoms with Crippen LogP contribution in [0, 0.1) is 12.8 Å². The van der Waals surface area contributed by atoms with Crippen molar-refractivity contribution in [2.45, 2.75) is 123 Å². The zero-order valence-electron chi connectivity index (χ0n) is 26.1. The number of carbonyl (C=O) groups excluding carboxylic acids is 3. The summed E-state index contributed by atoms with van der Waals surface area (Å²) in [7, 11) is 0. The largest absolute Gasteiger partial charge is 0.444 e. The van der Waals surface area contributed by atoms with Gasteiger partial charge in [-0.1, -0.05) is 45.1 Å². The second kappa shape index (κ2) is 15.8. The molecule has 0 radical (unpaired) electrons. The standard InChI is InChI=1S/C33H50N4O5/c1-6-20-37-28-22-25(16-17-26(28)23(2)21-30(37)39)35-31(40)27(14-10-11-19-34-32(41)42-33(3,4)5)36-29(38)18-15-24-12-8-7-9-13-24/h16-17,21-22,24,27H,6-15,18-20H2,1-5H3,(H,34,41)(H,35,40)(H,36,38). The number of hydrogen-bond acceptors (Lipinski definition) is 5. The Hall–Kier alpha value is -3.36. The van der Waals surface area contributed by atoms with E-state index in [1.165, 1.54) is 32.1 Å². The summed E-state index contributed by atoms with van der Waals surface area (Å²) in [6.45, 7) is 10.4. The lowest BCUT2D eigenvalue weighted by atomic mass is 9.86. The van der Waals surface area contributed by atoms with Crippen molar-refractivity contribution in [1.29, 1.82) is 0 Å². The summed E-state index contributed by atoms with van der Waals surface area (Å²) >= 11 is 0. The smallest absolute Gasteiger partial charge is 0.407 e. The molecule has 3 rings (SSSR count). The number of nitrogens with zero attached hydrogens (tertiary/aromatic N) is 1. The van der Waals surface area contributed by atoms with E-state index in [4.69, 9.17) is 4.74 Å². The molecule has 1 aromatic heterocycles. The number of aryl methyl sites for hydroxylation is 2. The first kappa shape index (κ1) is 33.1. The van der Waals surface area contributed by atoms with Crippen molar-refractivity contribution in [2.75, 3.05) is 11.9 Å². The van der Waals surface area contributed by atoms with Gasteiger partial charge in [0.2, 0.25) is 11.8 Å². The van der Waals surface area contributed by atoms with Gasteiger partial charge in [-0.25, -0.2) is 4.79 Å². The quantitative estimate of drug-likeness (QED) is 0.243. The highest BCUT2D eigenvalue weighted by Crippen LogP contribution is 2.27. The van der Waals surface area contributed by atoms with Gasteiger partial charge in [0.15, 0.2) is 0 Å². The van der Waals surface area contributed by atoms with Gasteiger partial charge in [-0.3, -0.25) is 14.4 Å². The van der Waals surface area contributed by atoms with Crippen LogP contribution >= 0.6 is 0 Å². The summed E-state index contributed by atoms with van der Waals surface area (Å²) in [5, 5.41) is 9.66. The Bertz CT molecular complexity index is 1270. The zero-order valence-corrected chi connectivity index (χ0v) is 26.1. The van der Waals surface area contributed by atoms with E-state index in [9.17, 15) is 19.2 Å². The molecule has 1 fully saturated rings. The maximum Gasteiger partial charge on any atom is 0.407 e. The van der Waals surface area contributed by atoms with Crippen LogP contribution in [0.4, 0.5) is 10.5 Å². The highest BCUT2D eigenvalue weighted by molar-refractivity contribution is 5.98. The lowest BCUT2D eigenvalue weighted by molar-refractivity contribution is -0.126. The number of benzene rings is 1. The van der Waals surface area contributed by atoms with E-state index in [2.05, 4.69) is 16.0 Å². The molecule has 1 aliphatic carbocycles. The van der Waals surface area contributed by atoms with Crippen LogP contribution in [0.25, 0.3) is 10.9 Å². The number of alkyl carbamates (subject to hydrolysis) is 1. The van der Waals surface area contributed by atoms with Crippen LogP contribution in [0.15, 0.2) is 29.1 Å². The van der Waals surface area contributed by atoms with Crippen LogP contribution in [0.1, 0.15) is 104 Å². The molecule has 0 saturated heterocycles. The molecule has 3 amide bonds. The predicted molar refractivity (Wildman–Crippen MR) is 168 cm³/mol. The molecular formula is C33H50N4O5. The number of carbonyl (C=O) groups is 3. The minimum Gasteiger partial charge on any atom is -0.444 e. The summed E-state index contributed by atoms with van der Waals surface area (Å²) in [5.74, 6) is 0.175. The van der Waals surface area contributed by atoms with Crippen LogP contribution in [0.2, 0.25) is 0 Å². The Labute approximate surface area is 250 Å². The first-order valence-electron chi connectivity index (χ1n) is 15.7. The molecule has 1 aromatic carbocycles. The highest BCUT2D eigenvalue weighted by Gasteiger charge is 2.23. The first-order chi connectivity index (χ1) is 20.0. The highest BCUT2D eigenvalue weighted by atomic mass is 16.6. The van der Waals surface area contributed by atoms with E-state index in [0.717, 1.165) is 29.3 Å². The van der Waals surface area contributed by atoms with Crippen molar-refractivity contribution < 1.29 is 19.1 Å². The number of ether oxygens (including phenoxy) is 1. The normalized spacial score (nSPS) is 14.8. The molecular weight excluding hydrogens is 532 g/mol. The third-order valence-electron chi connectivity index (χ3n) is 7.78. The Morgan fingerprint density at radius 3 is 2.50 bits per heavy atom. The Kier molecular flexibility index (Phi) is 12.4. The molecule has 1 unspecified atom stereocenters. The average molecular weight is 583 g/mol. The molecule has 2 aromatic rings. The van der Waals surface area contributed by atoms with Gasteiger partial charge in [-0.2, -0.15) is 0 Å². The molecule has 0 bridgehead atoms. The van der Waals surface area contributed by atoms with Gasteiger partial charge >= 0.3 is 6.09 Å². The number of hydrogen-bond donors (Lipinski definition) is 3. The zero-order chi connectivity index (χ0) is 30.7. The number of fused-ring (bicyclic) bond motifs is 1. The molecule has 1 saturated carbocycles. The van der Waals surface area contributed by atoms with Crippen molar-refractivity contribution in [3.8, 4) is 0 Å². The second-order valence-electron chi connectivity index (χ2n) is 12.6. The van der Waals surface area contributed by atoms with E-state index in [1.54, 1.807) is 10.6 Å². The number of nitrogens with one attached hydrogen (secondary N) is 3. The monoisotopic (exact) mass is 582 g/mol. The Morgan fingerprint density at radius 1 is 1.07 bits per heavy atom. The Morgan fingerprint density at radius 2 is 1.81 bits per heavy atom. The molecule has 0 spiro atoms. The molecule has 3 N–H and O–H groups in total. The maximum atomic E-state index is 13.5. The summed E-state index contributed by atoms with van der Waals surface area (Å²) in [5.41, 5.74) is 1.62. The van der Waals surface area contributed by atoms with E-state index in [0.29, 0.717) is 50.4 Å². The fourth-order valence-corrected chi connectivity index (χ4v) is 5.63. The van der Waals surface area contributed by atoms with Crippen molar-refractivity contribution in [2.24, 2.45) is 5.92 Å². The summed E-state index contributed by atoms with van der Waals surface area (Å²) < 4.78 is 7.01. The van der Waals surface area contributed by atoms with Crippen LogP contribution < -0.4 is 21.5 Å². The van der Waals surface area contributed by atoms with Crippen LogP contribution in [0.5, 0.6) is 0 Å². The third kappa shape index (κ3) is 10.5. The molecule has 0 aliphatic heterocycles. The molecule has 1 heterocycles. The van der Waals surface area contributed by atoms with Crippen molar-refractivity contribution in [1.82, 2.24) is 15.2 Å². The van der Waals surface area contributed by atoms with Gasteiger partial charge in [0.25, 0.3) is 5.56 Å². The molecule has 9 nitrogen and oxygen atoms in total. The second-order valence-corrected chi connectivity index (χ2v) is 12.6. The molecule has 232 valence electrons. The maximum absolute atomic E-state index is 13.5. The molecule has 42 heavy (non-hydrogen) atoms. The fraction of sp³-hybridized carbons (Fsp3) is 0.636. The molecule has 1 atom stereocenters. The lowest BCUT2D eigenvalue weighted by Gasteiger charge is -2.22. The number of pyridine rings is 1. The number of unbranched alkanes of at least 4 members (excludes halogenated alkanes) is 1. The van der Waals surface area contributed by atoms with E-state index in [-0.39, 0.29) is 17.4 Å². The van der Waals surface area contributed by atoms with Gasteiger partial charge in [-0.15, -0.1) is 0 Å². The van der Waals surface area contributed by atoms with Crippen molar-refractivity contribution in [3.63, 3.8) is 0 Å². The average Bonchev–Trinajstić information content (AvgIpc) is 2.92. The number of anilines is 1. The minimum absolute atomic E-state index is 0.0616. The van der Waals surface area contributed by atoms with E-state index >= 15 is 0 Å². The SMILES string of the molecule is CCCn1c(=O)cc(C)c2ccc(NC(=O)C(CCCCNC(=O)OC(C)(C)C)NC(=O)CCC3CCCCC3)cc21. The minimum atomic E-state index is -0.712. The summed E-state index contributed by atoms with van der Waals surface area (Å²) in [4.78, 5) is 51.0. The lowest BCUT2D eigenvalue weighted by Crippen LogP contribution is -2.44. The van der Waals surface area contributed by atoms with Crippen molar-refractivity contribution in [3.05, 3.63) is 40.2 Å². The number of amides is 3. The van der Waals surface area contributed by atoms with Crippen LogP contribution in [-0.2, 0) is 20.9 Å². The first-order valence-corrected chi connectivity index (χ1v) is 15.7. The van der Waals surface area contributed by atoms with Gasteiger partial charge < -0.3 is 25.3 Å². The van der Waals surface area contributed by atoms with Crippen molar-refractivity contribution >= 4 is 34.5 Å². The fourth-order valence-electron chi connectivity index (χ4n) is 5.63. The third-order valence-corrected chi connectivity index (χ3v) is 7.78. The van der Waals surface area contributed by atoms with Gasteiger partial charge in [0.05, 0.1) is 5.52 Å². The Balaban J connectivity index is 1.66.